The van der Waals surface area contributed by atoms with Crippen LogP contribution in [0.1, 0.15) is 23.2 Å². The second kappa shape index (κ2) is 8.03. The number of nitriles is 1. The van der Waals surface area contributed by atoms with Crippen molar-refractivity contribution in [3.8, 4) is 6.07 Å². The third-order valence-electron chi connectivity index (χ3n) is 4.94. The number of benzene rings is 1. The van der Waals surface area contributed by atoms with E-state index in [1.807, 2.05) is 42.6 Å². The van der Waals surface area contributed by atoms with Gasteiger partial charge in [0.2, 0.25) is 5.91 Å². The smallest absolute Gasteiger partial charge is 0.244 e. The maximum Gasteiger partial charge on any atom is 0.244 e. The summed E-state index contributed by atoms with van der Waals surface area (Å²) in [6.07, 6.45) is 7.77. The molecule has 7 heteroatoms. The van der Waals surface area contributed by atoms with E-state index < -0.39 is 0 Å². The van der Waals surface area contributed by atoms with Crippen molar-refractivity contribution in [2.24, 2.45) is 0 Å². The van der Waals surface area contributed by atoms with Crippen LogP contribution in [0.25, 0.3) is 0 Å². The normalized spacial score (nSPS) is 16.3. The van der Waals surface area contributed by atoms with Crippen LogP contribution in [0.5, 0.6) is 0 Å². The Morgan fingerprint density at radius 2 is 1.93 bits per heavy atom. The Bertz CT molecular complexity index is 990. The summed E-state index contributed by atoms with van der Waals surface area (Å²) in [7, 11) is 0. The number of amides is 1. The van der Waals surface area contributed by atoms with E-state index in [0.29, 0.717) is 25.2 Å². The third-order valence-corrected chi connectivity index (χ3v) is 4.94. The number of imidazole rings is 1. The van der Waals surface area contributed by atoms with E-state index in [0.717, 1.165) is 23.4 Å². The van der Waals surface area contributed by atoms with Crippen LogP contribution in [0, 0.1) is 11.3 Å². The molecule has 0 bridgehead atoms. The number of carbonyl (C=O) groups is 1. The van der Waals surface area contributed by atoms with E-state index >= 15 is 0 Å². The van der Waals surface area contributed by atoms with Crippen molar-refractivity contribution in [3.05, 3.63) is 78.1 Å². The molecule has 1 amide bonds. The van der Waals surface area contributed by atoms with Gasteiger partial charge in [-0.15, -0.1) is 0 Å². The number of aromatic nitrogens is 3. The minimum Gasteiger partial charge on any atom is -0.329 e. The molecule has 0 unspecified atom stereocenters. The first kappa shape index (κ1) is 17.9. The average Bonchev–Trinajstić information content (AvgIpc) is 3.33. The van der Waals surface area contributed by atoms with E-state index in [2.05, 4.69) is 25.9 Å². The summed E-state index contributed by atoms with van der Waals surface area (Å²) in [5.41, 5.74) is 3.64. The fourth-order valence-electron chi connectivity index (χ4n) is 3.40. The molecule has 1 atom stereocenters. The summed E-state index contributed by atoms with van der Waals surface area (Å²) in [6.45, 7) is 1.94. The van der Waals surface area contributed by atoms with Crippen molar-refractivity contribution in [2.45, 2.75) is 25.6 Å². The van der Waals surface area contributed by atoms with Crippen LogP contribution in [-0.4, -0.2) is 33.0 Å². The maximum atomic E-state index is 12.7. The zero-order valence-electron chi connectivity index (χ0n) is 15.3. The monoisotopic (exact) mass is 372 g/mol. The molecule has 0 aliphatic carbocycles. The molecule has 2 aromatic heterocycles. The molecule has 4 rings (SSSR count). The third kappa shape index (κ3) is 3.77. The van der Waals surface area contributed by atoms with Crippen LogP contribution in [-0.2, 0) is 17.9 Å². The largest absolute Gasteiger partial charge is 0.329 e. The van der Waals surface area contributed by atoms with Crippen molar-refractivity contribution >= 4 is 11.6 Å². The average molecular weight is 372 g/mol. The fourth-order valence-corrected chi connectivity index (χ4v) is 3.40. The zero-order chi connectivity index (χ0) is 19.3. The zero-order valence-corrected chi connectivity index (χ0v) is 15.3. The molecule has 1 aromatic carbocycles. The summed E-state index contributed by atoms with van der Waals surface area (Å²) in [6, 6.07) is 13.2. The lowest BCUT2D eigenvalue weighted by Crippen LogP contribution is -2.38. The van der Waals surface area contributed by atoms with Gasteiger partial charge in [0.15, 0.2) is 0 Å². The second-order valence-electron chi connectivity index (χ2n) is 6.74. The first-order chi connectivity index (χ1) is 13.7. The molecular formula is C21H20N6O. The Morgan fingerprint density at radius 3 is 2.68 bits per heavy atom. The minimum absolute atomic E-state index is 0.0874. The lowest BCUT2D eigenvalue weighted by atomic mass is 10.1. The molecule has 1 fully saturated rings. The minimum atomic E-state index is -0.202. The van der Waals surface area contributed by atoms with Crippen LogP contribution in [0.2, 0.25) is 0 Å². The van der Waals surface area contributed by atoms with E-state index in [1.165, 1.54) is 0 Å². The van der Waals surface area contributed by atoms with Gasteiger partial charge in [-0.3, -0.25) is 9.78 Å². The van der Waals surface area contributed by atoms with Gasteiger partial charge in [0.05, 0.1) is 29.7 Å². The summed E-state index contributed by atoms with van der Waals surface area (Å²) in [4.78, 5) is 22.7. The highest BCUT2D eigenvalue weighted by atomic mass is 16.2. The molecular weight excluding hydrogens is 352 g/mol. The van der Waals surface area contributed by atoms with Gasteiger partial charge in [-0.25, -0.2) is 4.98 Å². The van der Waals surface area contributed by atoms with Gasteiger partial charge in [-0.2, -0.15) is 5.26 Å². The molecule has 140 valence electrons. The molecule has 3 aromatic rings. The Balaban J connectivity index is 1.38. The summed E-state index contributed by atoms with van der Waals surface area (Å²) in [5.74, 6) is 0.0874. The molecule has 0 spiro atoms. The van der Waals surface area contributed by atoms with Crippen LogP contribution in [0.15, 0.2) is 61.3 Å². The lowest BCUT2D eigenvalue weighted by Gasteiger charge is -2.17. The van der Waals surface area contributed by atoms with Crippen molar-refractivity contribution < 1.29 is 4.79 Å². The number of carbonyl (C=O) groups excluding carboxylic acids is 1. The second-order valence-corrected chi connectivity index (χ2v) is 6.74. The van der Waals surface area contributed by atoms with Crippen LogP contribution in [0.4, 0.5) is 5.69 Å². The summed E-state index contributed by atoms with van der Waals surface area (Å²) in [5, 5.41) is 12.3. The van der Waals surface area contributed by atoms with Gasteiger partial charge >= 0.3 is 0 Å². The molecule has 3 heterocycles. The Morgan fingerprint density at radius 1 is 1.14 bits per heavy atom. The van der Waals surface area contributed by atoms with Crippen molar-refractivity contribution in [1.29, 1.82) is 5.26 Å². The number of anilines is 1. The number of rotatable bonds is 6. The molecule has 28 heavy (non-hydrogen) atoms. The van der Waals surface area contributed by atoms with Crippen molar-refractivity contribution in [2.75, 3.05) is 11.4 Å². The molecule has 1 aliphatic heterocycles. The van der Waals surface area contributed by atoms with Gasteiger partial charge in [0.1, 0.15) is 0 Å². The molecule has 1 aliphatic rings. The van der Waals surface area contributed by atoms with Gasteiger partial charge < -0.3 is 14.8 Å². The van der Waals surface area contributed by atoms with E-state index in [9.17, 15) is 4.79 Å². The summed E-state index contributed by atoms with van der Waals surface area (Å²) < 4.78 is 2.05. The molecule has 1 saturated heterocycles. The van der Waals surface area contributed by atoms with Crippen molar-refractivity contribution in [3.63, 3.8) is 0 Å². The number of hydrogen-bond acceptors (Lipinski definition) is 5. The van der Waals surface area contributed by atoms with Gasteiger partial charge in [0, 0.05) is 43.9 Å². The number of nitrogens with zero attached hydrogens (tertiary/aromatic N) is 5. The number of hydrogen-bond donors (Lipinski definition) is 1. The highest BCUT2D eigenvalue weighted by Crippen LogP contribution is 2.21. The summed E-state index contributed by atoms with van der Waals surface area (Å²) >= 11 is 0. The standard InChI is InChI=1S/C21H20N6O/c22-11-16-1-3-17(4-2-16)14-26-15-24-12-19(26)13-25-20-7-10-27(21(20)28)18-5-8-23-9-6-18/h1-6,8-9,12,15,20,25H,7,10,13-14H2/t20-/m1/s1. The molecule has 0 radical (unpaired) electrons. The number of nitrogens with one attached hydrogen (secondary N) is 1. The Kier molecular flexibility index (Phi) is 5.13. The highest BCUT2D eigenvalue weighted by molar-refractivity contribution is 5.99. The van der Waals surface area contributed by atoms with Gasteiger partial charge in [-0.1, -0.05) is 12.1 Å². The van der Waals surface area contributed by atoms with Gasteiger partial charge in [-0.05, 0) is 36.2 Å². The van der Waals surface area contributed by atoms with Crippen molar-refractivity contribution in [1.82, 2.24) is 19.9 Å². The van der Waals surface area contributed by atoms with Crippen LogP contribution < -0.4 is 10.2 Å². The molecule has 1 N–H and O–H groups in total. The maximum absolute atomic E-state index is 12.7. The first-order valence-corrected chi connectivity index (χ1v) is 9.17. The van der Waals surface area contributed by atoms with E-state index in [-0.39, 0.29) is 11.9 Å². The Hall–Kier alpha value is -3.50. The lowest BCUT2D eigenvalue weighted by molar-refractivity contribution is -0.118. The van der Waals surface area contributed by atoms with Gasteiger partial charge in [0.25, 0.3) is 0 Å². The quantitative estimate of drug-likeness (QED) is 0.716. The topological polar surface area (TPSA) is 86.8 Å². The van der Waals surface area contributed by atoms with E-state index in [4.69, 9.17) is 5.26 Å². The van der Waals surface area contributed by atoms with Crippen LogP contribution in [0.3, 0.4) is 0 Å². The highest BCUT2D eigenvalue weighted by Gasteiger charge is 2.32. The Labute approximate surface area is 163 Å². The number of pyridine rings is 1. The first-order valence-electron chi connectivity index (χ1n) is 9.17. The van der Waals surface area contributed by atoms with E-state index in [1.54, 1.807) is 23.6 Å². The van der Waals surface area contributed by atoms with Crippen LogP contribution >= 0.6 is 0 Å². The molecule has 0 saturated carbocycles. The predicted molar refractivity (Wildman–Crippen MR) is 104 cm³/mol. The molecule has 7 nitrogen and oxygen atoms in total. The SMILES string of the molecule is N#Cc1ccc(Cn2cncc2CN[C@@H]2CCN(c3ccncc3)C2=O)cc1. The predicted octanol–water partition coefficient (Wildman–Crippen LogP) is 2.09. The fraction of sp³-hybridized carbons (Fsp3) is 0.238.